The van der Waals surface area contributed by atoms with Gasteiger partial charge in [0.15, 0.2) is 0 Å². The molecule has 2 aromatic rings. The topological polar surface area (TPSA) is 21.3 Å². The fraction of sp³-hybridized carbons (Fsp3) is 0.294. The van der Waals surface area contributed by atoms with Crippen molar-refractivity contribution in [3.63, 3.8) is 0 Å². The van der Waals surface area contributed by atoms with E-state index < -0.39 is 0 Å². The third-order valence-electron chi connectivity index (χ3n) is 3.66. The van der Waals surface area contributed by atoms with Crippen molar-refractivity contribution < 1.29 is 9.13 Å². The number of ether oxygens (including phenoxy) is 1. The third kappa shape index (κ3) is 3.27. The summed E-state index contributed by atoms with van der Waals surface area (Å²) < 4.78 is 20.5. The Balaban J connectivity index is 1.70. The normalized spacial score (nSPS) is 13.1. The van der Waals surface area contributed by atoms with Gasteiger partial charge < -0.3 is 10.1 Å². The number of rotatable bonds is 4. The first-order valence-corrected chi connectivity index (χ1v) is 7.82. The Morgan fingerprint density at radius 1 is 1.19 bits per heavy atom. The zero-order valence-electron chi connectivity index (χ0n) is 11.9. The molecule has 0 atom stereocenters. The van der Waals surface area contributed by atoms with Crippen LogP contribution in [0.2, 0.25) is 0 Å². The van der Waals surface area contributed by atoms with Gasteiger partial charge in [0.25, 0.3) is 0 Å². The van der Waals surface area contributed by atoms with Gasteiger partial charge >= 0.3 is 0 Å². The first-order chi connectivity index (χ1) is 10.1. The Morgan fingerprint density at radius 2 is 2.00 bits per heavy atom. The molecule has 0 spiro atoms. The molecule has 1 aliphatic rings. The van der Waals surface area contributed by atoms with E-state index >= 15 is 0 Å². The Bertz CT molecular complexity index is 672. The summed E-state index contributed by atoms with van der Waals surface area (Å²) in [6.45, 7) is 3.88. The monoisotopic (exact) mass is 349 g/mol. The molecule has 0 aromatic heterocycles. The van der Waals surface area contributed by atoms with E-state index in [0.717, 1.165) is 34.4 Å². The molecule has 0 bridgehead atoms. The van der Waals surface area contributed by atoms with Gasteiger partial charge in [0.1, 0.15) is 11.6 Å². The Morgan fingerprint density at radius 3 is 2.86 bits per heavy atom. The molecular weight excluding hydrogens is 333 g/mol. The van der Waals surface area contributed by atoms with Gasteiger partial charge in [-0.15, -0.1) is 0 Å². The largest absolute Gasteiger partial charge is 0.493 e. The van der Waals surface area contributed by atoms with Crippen LogP contribution in [0.3, 0.4) is 0 Å². The highest BCUT2D eigenvalue weighted by molar-refractivity contribution is 9.10. The average molecular weight is 350 g/mol. The maximum Gasteiger partial charge on any atom is 0.127 e. The first-order valence-electron chi connectivity index (χ1n) is 7.03. The quantitative estimate of drug-likeness (QED) is 0.896. The summed E-state index contributed by atoms with van der Waals surface area (Å²) in [5.74, 6) is 0.819. The van der Waals surface area contributed by atoms with Gasteiger partial charge in [0.05, 0.1) is 6.61 Å². The zero-order chi connectivity index (χ0) is 14.8. The molecule has 1 aliphatic heterocycles. The van der Waals surface area contributed by atoms with Gasteiger partial charge in [-0.25, -0.2) is 4.39 Å². The highest BCUT2D eigenvalue weighted by Crippen LogP contribution is 2.32. The number of hydrogen-bond donors (Lipinski definition) is 1. The molecule has 2 nitrogen and oxygen atoms in total. The minimum absolute atomic E-state index is 0.163. The molecule has 0 aliphatic carbocycles. The van der Waals surface area contributed by atoms with E-state index in [4.69, 9.17) is 4.74 Å². The highest BCUT2D eigenvalue weighted by Gasteiger charge is 2.17. The zero-order valence-corrected chi connectivity index (χ0v) is 13.5. The summed E-state index contributed by atoms with van der Waals surface area (Å²) in [5.41, 5.74) is 4.12. The lowest BCUT2D eigenvalue weighted by molar-refractivity contribution is 0.352. The number of halogens is 2. The van der Waals surface area contributed by atoms with E-state index in [2.05, 4.69) is 33.4 Å². The highest BCUT2D eigenvalue weighted by atomic mass is 79.9. The predicted molar refractivity (Wildman–Crippen MR) is 85.0 cm³/mol. The second-order valence-electron chi connectivity index (χ2n) is 5.35. The number of fused-ring (bicyclic) bond motifs is 1. The Kier molecular flexibility index (Phi) is 4.27. The molecule has 3 rings (SSSR count). The van der Waals surface area contributed by atoms with Crippen molar-refractivity contribution >= 4 is 15.9 Å². The van der Waals surface area contributed by atoms with Crippen LogP contribution in [-0.4, -0.2) is 6.61 Å². The van der Waals surface area contributed by atoms with Crippen LogP contribution in [0.25, 0.3) is 0 Å². The SMILES string of the molecule is Cc1ccc(F)c(CNCc2cc(Br)cc3c2OCC3)c1. The van der Waals surface area contributed by atoms with Crippen LogP contribution in [0.5, 0.6) is 5.75 Å². The van der Waals surface area contributed by atoms with Gasteiger partial charge in [0.2, 0.25) is 0 Å². The van der Waals surface area contributed by atoms with Crippen LogP contribution < -0.4 is 10.1 Å². The second kappa shape index (κ2) is 6.16. The van der Waals surface area contributed by atoms with Crippen molar-refractivity contribution in [2.45, 2.75) is 26.4 Å². The Labute approximate surface area is 132 Å². The van der Waals surface area contributed by atoms with Crippen molar-refractivity contribution in [2.24, 2.45) is 0 Å². The molecule has 0 amide bonds. The lowest BCUT2D eigenvalue weighted by Gasteiger charge is -2.11. The van der Waals surface area contributed by atoms with Gasteiger partial charge in [-0.3, -0.25) is 0 Å². The summed E-state index contributed by atoms with van der Waals surface area (Å²) in [6.07, 6.45) is 0.953. The van der Waals surface area contributed by atoms with Gasteiger partial charge in [-0.2, -0.15) is 0 Å². The van der Waals surface area contributed by atoms with E-state index in [9.17, 15) is 4.39 Å². The summed E-state index contributed by atoms with van der Waals surface area (Å²) in [7, 11) is 0. The number of benzene rings is 2. The molecule has 1 N–H and O–H groups in total. The fourth-order valence-electron chi connectivity index (χ4n) is 2.65. The molecule has 4 heteroatoms. The van der Waals surface area contributed by atoms with Gasteiger partial charge in [0, 0.05) is 35.1 Å². The number of hydrogen-bond acceptors (Lipinski definition) is 2. The molecule has 0 unspecified atom stereocenters. The molecule has 0 fully saturated rings. The molecule has 110 valence electrons. The van der Waals surface area contributed by atoms with Gasteiger partial charge in [-0.1, -0.05) is 33.6 Å². The minimum Gasteiger partial charge on any atom is -0.493 e. The van der Waals surface area contributed by atoms with Crippen LogP contribution in [0, 0.1) is 12.7 Å². The standard InChI is InChI=1S/C17H17BrFNO/c1-11-2-3-16(19)13(6-11)9-20-10-14-8-15(18)7-12-4-5-21-17(12)14/h2-3,6-8,20H,4-5,9-10H2,1H3. The smallest absolute Gasteiger partial charge is 0.127 e. The third-order valence-corrected chi connectivity index (χ3v) is 4.12. The second-order valence-corrected chi connectivity index (χ2v) is 6.27. The maximum atomic E-state index is 13.7. The van der Waals surface area contributed by atoms with E-state index in [1.165, 1.54) is 11.6 Å². The molecular formula is C17H17BrFNO. The van der Waals surface area contributed by atoms with E-state index in [0.29, 0.717) is 18.7 Å². The van der Waals surface area contributed by atoms with Crippen LogP contribution in [0.15, 0.2) is 34.8 Å². The predicted octanol–water partition coefficient (Wildman–Crippen LogP) is 4.12. The lowest BCUT2D eigenvalue weighted by Crippen LogP contribution is -2.14. The van der Waals surface area contributed by atoms with Crippen molar-refractivity contribution in [1.29, 1.82) is 0 Å². The molecule has 21 heavy (non-hydrogen) atoms. The summed E-state index contributed by atoms with van der Waals surface area (Å²) in [6, 6.07) is 9.35. The molecule has 0 saturated heterocycles. The summed E-state index contributed by atoms with van der Waals surface area (Å²) in [5, 5.41) is 3.30. The number of nitrogens with one attached hydrogen (secondary N) is 1. The van der Waals surface area contributed by atoms with Crippen molar-refractivity contribution in [3.05, 3.63) is 62.9 Å². The first kappa shape index (κ1) is 14.5. The average Bonchev–Trinajstić information content (AvgIpc) is 2.90. The molecule has 1 heterocycles. The van der Waals surface area contributed by atoms with Crippen LogP contribution >= 0.6 is 15.9 Å². The van der Waals surface area contributed by atoms with Crippen molar-refractivity contribution in [2.75, 3.05) is 6.61 Å². The summed E-state index contributed by atoms with van der Waals surface area (Å²) >= 11 is 3.53. The lowest BCUT2D eigenvalue weighted by atomic mass is 10.1. The van der Waals surface area contributed by atoms with E-state index in [1.54, 1.807) is 6.07 Å². The van der Waals surface area contributed by atoms with Crippen LogP contribution in [0.4, 0.5) is 4.39 Å². The summed E-state index contributed by atoms with van der Waals surface area (Å²) in [4.78, 5) is 0. The van der Waals surface area contributed by atoms with Gasteiger partial charge in [-0.05, 0) is 30.7 Å². The van der Waals surface area contributed by atoms with Crippen molar-refractivity contribution in [1.82, 2.24) is 5.32 Å². The fourth-order valence-corrected chi connectivity index (χ4v) is 3.20. The minimum atomic E-state index is -0.163. The molecule has 0 radical (unpaired) electrons. The Hall–Kier alpha value is -1.39. The van der Waals surface area contributed by atoms with E-state index in [1.807, 2.05) is 13.0 Å². The maximum absolute atomic E-state index is 13.7. The van der Waals surface area contributed by atoms with Crippen LogP contribution in [-0.2, 0) is 19.5 Å². The van der Waals surface area contributed by atoms with Crippen molar-refractivity contribution in [3.8, 4) is 5.75 Å². The number of aryl methyl sites for hydroxylation is 1. The molecule has 2 aromatic carbocycles. The van der Waals surface area contributed by atoms with E-state index in [-0.39, 0.29) is 5.82 Å². The van der Waals surface area contributed by atoms with Crippen LogP contribution in [0.1, 0.15) is 22.3 Å². The molecule has 0 saturated carbocycles.